The minimum absolute atomic E-state index is 0.110. The summed E-state index contributed by atoms with van der Waals surface area (Å²) in [7, 11) is 0. The van der Waals surface area contributed by atoms with Crippen LogP contribution in [0.4, 0.5) is 0 Å². The van der Waals surface area contributed by atoms with Gasteiger partial charge in [-0.15, -0.1) is 0 Å². The van der Waals surface area contributed by atoms with Crippen molar-refractivity contribution in [2.75, 3.05) is 13.2 Å². The molecule has 0 radical (unpaired) electrons. The van der Waals surface area contributed by atoms with Crippen molar-refractivity contribution < 1.29 is 28.6 Å². The normalized spacial score (nSPS) is 11.1. The van der Waals surface area contributed by atoms with Crippen LogP contribution in [0.15, 0.2) is 97.1 Å². The van der Waals surface area contributed by atoms with Gasteiger partial charge < -0.3 is 14.2 Å². The van der Waals surface area contributed by atoms with Gasteiger partial charge in [-0.25, -0.2) is 9.59 Å². The summed E-state index contributed by atoms with van der Waals surface area (Å²) in [6, 6.07) is 23.9. The van der Waals surface area contributed by atoms with Crippen molar-refractivity contribution in [3.05, 3.63) is 103 Å². The summed E-state index contributed by atoms with van der Waals surface area (Å²) in [5.74, 6) is -0.904. The molecule has 3 aromatic rings. The van der Waals surface area contributed by atoms with Gasteiger partial charge in [0.2, 0.25) is 0 Å². The van der Waals surface area contributed by atoms with Gasteiger partial charge in [0.1, 0.15) is 5.75 Å². The Morgan fingerprint density at radius 2 is 1.02 bits per heavy atom. The molecule has 0 aliphatic heterocycles. The first-order chi connectivity index (χ1) is 19.3. The molecule has 0 aliphatic carbocycles. The number of benzene rings is 3. The SMILES string of the molecule is C=C(C)C(=O)OCC(COC(=O)C(=C)C)Cc1ccc(-c2ccc(-c3ccc(OC(=O)C(C)(C)C)cc3)cc2)cc1. The predicted molar refractivity (Wildman–Crippen MR) is 161 cm³/mol. The topological polar surface area (TPSA) is 78.9 Å². The quantitative estimate of drug-likeness (QED) is 0.140. The Labute approximate surface area is 242 Å². The van der Waals surface area contributed by atoms with E-state index in [1.807, 2.05) is 57.2 Å². The van der Waals surface area contributed by atoms with Gasteiger partial charge in [-0.05, 0) is 81.0 Å². The van der Waals surface area contributed by atoms with Crippen LogP contribution in [0, 0.1) is 11.3 Å². The molecule has 0 bridgehead atoms. The van der Waals surface area contributed by atoms with Crippen LogP contribution in [0.25, 0.3) is 22.3 Å². The standard InChI is InChI=1S/C35H38O6/c1-23(2)32(36)39-21-26(22-40-33(37)24(3)4)20-25-8-10-27(11-9-25)28-12-14-29(15-13-28)30-16-18-31(19-17-30)41-34(38)35(5,6)7/h8-19,26H,1,3,20-22H2,2,4-7H3. The molecular formula is C35H38O6. The smallest absolute Gasteiger partial charge is 0.333 e. The molecule has 0 aliphatic rings. The maximum absolute atomic E-state index is 12.1. The molecule has 6 heteroatoms. The van der Waals surface area contributed by atoms with E-state index in [0.29, 0.717) is 23.3 Å². The number of carbonyl (C=O) groups is 3. The molecular weight excluding hydrogens is 516 g/mol. The van der Waals surface area contributed by atoms with Crippen molar-refractivity contribution in [2.24, 2.45) is 11.3 Å². The molecule has 0 saturated heterocycles. The summed E-state index contributed by atoms with van der Waals surface area (Å²) in [4.78, 5) is 35.9. The number of esters is 3. The highest BCUT2D eigenvalue weighted by molar-refractivity contribution is 5.87. The lowest BCUT2D eigenvalue weighted by Crippen LogP contribution is -2.25. The van der Waals surface area contributed by atoms with Crippen LogP contribution in [0.5, 0.6) is 5.75 Å². The molecule has 0 heterocycles. The number of hydrogen-bond donors (Lipinski definition) is 0. The van der Waals surface area contributed by atoms with Crippen molar-refractivity contribution in [3.63, 3.8) is 0 Å². The second-order valence-electron chi connectivity index (χ2n) is 11.3. The van der Waals surface area contributed by atoms with Crippen LogP contribution >= 0.6 is 0 Å². The summed E-state index contributed by atoms with van der Waals surface area (Å²) in [5, 5.41) is 0. The van der Waals surface area contributed by atoms with E-state index in [0.717, 1.165) is 27.8 Å². The first kappa shape index (κ1) is 31.1. The van der Waals surface area contributed by atoms with Crippen LogP contribution in [0.3, 0.4) is 0 Å². The van der Waals surface area contributed by atoms with E-state index in [2.05, 4.69) is 37.4 Å². The van der Waals surface area contributed by atoms with Crippen molar-refractivity contribution in [2.45, 2.75) is 41.0 Å². The predicted octanol–water partition coefficient (Wildman–Crippen LogP) is 7.37. The molecule has 214 valence electrons. The summed E-state index contributed by atoms with van der Waals surface area (Å²) in [6.07, 6.45) is 0.563. The van der Waals surface area contributed by atoms with E-state index in [1.165, 1.54) is 0 Å². The highest BCUT2D eigenvalue weighted by Crippen LogP contribution is 2.28. The van der Waals surface area contributed by atoms with Crippen molar-refractivity contribution in [1.82, 2.24) is 0 Å². The monoisotopic (exact) mass is 554 g/mol. The largest absolute Gasteiger partial charge is 0.462 e. The lowest BCUT2D eigenvalue weighted by atomic mass is 9.96. The first-order valence-corrected chi connectivity index (χ1v) is 13.5. The highest BCUT2D eigenvalue weighted by atomic mass is 16.5. The molecule has 0 atom stereocenters. The third kappa shape index (κ3) is 9.31. The van der Waals surface area contributed by atoms with E-state index >= 15 is 0 Å². The molecule has 0 fully saturated rings. The van der Waals surface area contributed by atoms with Crippen LogP contribution in [-0.4, -0.2) is 31.1 Å². The van der Waals surface area contributed by atoms with Crippen molar-refractivity contribution in [3.8, 4) is 28.0 Å². The Morgan fingerprint density at radius 1 is 0.659 bits per heavy atom. The van der Waals surface area contributed by atoms with E-state index < -0.39 is 17.4 Å². The Bertz CT molecular complexity index is 1360. The fourth-order valence-electron chi connectivity index (χ4n) is 3.80. The molecule has 0 aromatic heterocycles. The minimum atomic E-state index is -0.562. The summed E-state index contributed by atoms with van der Waals surface area (Å²) >= 11 is 0. The van der Waals surface area contributed by atoms with Gasteiger partial charge in [0.15, 0.2) is 0 Å². The summed E-state index contributed by atoms with van der Waals surface area (Å²) < 4.78 is 16.1. The summed E-state index contributed by atoms with van der Waals surface area (Å²) in [5.41, 5.74) is 5.30. The minimum Gasteiger partial charge on any atom is -0.462 e. The molecule has 0 spiro atoms. The highest BCUT2D eigenvalue weighted by Gasteiger charge is 2.23. The second-order valence-corrected chi connectivity index (χ2v) is 11.3. The van der Waals surface area contributed by atoms with Crippen LogP contribution in [-0.2, 0) is 30.3 Å². The van der Waals surface area contributed by atoms with E-state index in [1.54, 1.807) is 26.0 Å². The van der Waals surface area contributed by atoms with Crippen molar-refractivity contribution >= 4 is 17.9 Å². The van der Waals surface area contributed by atoms with Gasteiger partial charge >= 0.3 is 17.9 Å². The number of carbonyl (C=O) groups excluding carboxylic acids is 3. The van der Waals surface area contributed by atoms with Crippen LogP contribution < -0.4 is 4.74 Å². The van der Waals surface area contributed by atoms with Gasteiger partial charge in [0, 0.05) is 17.1 Å². The first-order valence-electron chi connectivity index (χ1n) is 13.5. The third-order valence-corrected chi connectivity index (χ3v) is 6.30. The molecule has 6 nitrogen and oxygen atoms in total. The maximum atomic E-state index is 12.1. The Hall–Kier alpha value is -4.45. The maximum Gasteiger partial charge on any atom is 0.333 e. The number of ether oxygens (including phenoxy) is 3. The van der Waals surface area contributed by atoms with E-state index in [4.69, 9.17) is 14.2 Å². The van der Waals surface area contributed by atoms with Gasteiger partial charge in [-0.3, -0.25) is 4.79 Å². The Kier molecular flexibility index (Phi) is 10.4. The van der Waals surface area contributed by atoms with E-state index in [-0.39, 0.29) is 25.1 Å². The van der Waals surface area contributed by atoms with Gasteiger partial charge in [-0.1, -0.05) is 73.8 Å². The van der Waals surface area contributed by atoms with E-state index in [9.17, 15) is 14.4 Å². The average molecular weight is 555 g/mol. The van der Waals surface area contributed by atoms with Crippen LogP contribution in [0.2, 0.25) is 0 Å². The zero-order valence-corrected chi connectivity index (χ0v) is 24.5. The molecule has 0 saturated carbocycles. The van der Waals surface area contributed by atoms with Gasteiger partial charge in [0.05, 0.1) is 18.6 Å². The lowest BCUT2D eigenvalue weighted by Gasteiger charge is -2.18. The van der Waals surface area contributed by atoms with Crippen LogP contribution in [0.1, 0.15) is 40.2 Å². The Balaban J connectivity index is 1.65. The zero-order chi connectivity index (χ0) is 30.2. The zero-order valence-electron chi connectivity index (χ0n) is 24.5. The Morgan fingerprint density at radius 3 is 1.39 bits per heavy atom. The third-order valence-electron chi connectivity index (χ3n) is 6.30. The van der Waals surface area contributed by atoms with Gasteiger partial charge in [-0.2, -0.15) is 0 Å². The summed E-state index contributed by atoms with van der Waals surface area (Å²) in [6.45, 7) is 16.1. The van der Waals surface area contributed by atoms with Gasteiger partial charge in [0.25, 0.3) is 0 Å². The fraction of sp³-hybridized carbons (Fsp3) is 0.286. The average Bonchev–Trinajstić information content (AvgIpc) is 2.94. The lowest BCUT2D eigenvalue weighted by molar-refractivity contribution is -0.144. The number of rotatable bonds is 11. The molecule has 0 amide bonds. The molecule has 0 unspecified atom stereocenters. The molecule has 0 N–H and O–H groups in total. The number of hydrogen-bond acceptors (Lipinski definition) is 6. The molecule has 41 heavy (non-hydrogen) atoms. The second kappa shape index (κ2) is 13.8. The molecule has 3 rings (SSSR count). The molecule has 3 aromatic carbocycles. The van der Waals surface area contributed by atoms with Crippen molar-refractivity contribution in [1.29, 1.82) is 0 Å². The fourth-order valence-corrected chi connectivity index (χ4v) is 3.80.